The van der Waals surface area contributed by atoms with E-state index in [0.29, 0.717) is 12.4 Å². The summed E-state index contributed by atoms with van der Waals surface area (Å²) in [4.78, 5) is 4.89. The SMILES string of the molecule is CC/C=C/c1nc(CC2CCCCC2)nn1Cc1ccc(-c2ccccc2-c2nnn[nH]2)cc1. The van der Waals surface area contributed by atoms with E-state index >= 15 is 0 Å². The van der Waals surface area contributed by atoms with Crippen LogP contribution in [0.3, 0.4) is 0 Å². The number of H-pyrrole nitrogens is 1. The fourth-order valence-corrected chi connectivity index (χ4v) is 4.78. The van der Waals surface area contributed by atoms with Gasteiger partial charge < -0.3 is 0 Å². The molecular formula is C27H31N7. The van der Waals surface area contributed by atoms with Crippen LogP contribution < -0.4 is 0 Å². The molecule has 2 aromatic carbocycles. The zero-order valence-electron chi connectivity index (χ0n) is 19.7. The Balaban J connectivity index is 1.36. The monoisotopic (exact) mass is 453 g/mol. The fourth-order valence-electron chi connectivity index (χ4n) is 4.78. The van der Waals surface area contributed by atoms with Crippen LogP contribution >= 0.6 is 0 Å². The predicted octanol–water partition coefficient (Wildman–Crippen LogP) is 5.72. The second kappa shape index (κ2) is 10.5. The number of allylic oxidation sites excluding steroid dienone is 1. The molecule has 0 aliphatic heterocycles. The summed E-state index contributed by atoms with van der Waals surface area (Å²) < 4.78 is 2.05. The molecule has 1 saturated carbocycles. The third kappa shape index (κ3) is 5.14. The lowest BCUT2D eigenvalue weighted by Crippen LogP contribution is -2.10. The number of aromatic nitrogens is 7. The van der Waals surface area contributed by atoms with E-state index in [0.717, 1.165) is 47.1 Å². The Hall–Kier alpha value is -3.61. The second-order valence-electron chi connectivity index (χ2n) is 9.06. The van der Waals surface area contributed by atoms with Gasteiger partial charge in [0.05, 0.1) is 6.54 Å². The van der Waals surface area contributed by atoms with Crippen molar-refractivity contribution in [3.05, 3.63) is 71.8 Å². The van der Waals surface area contributed by atoms with E-state index in [4.69, 9.17) is 10.1 Å². The Kier molecular flexibility index (Phi) is 6.89. The van der Waals surface area contributed by atoms with Gasteiger partial charge in [0.25, 0.3) is 0 Å². The van der Waals surface area contributed by atoms with Crippen LogP contribution in [0.4, 0.5) is 0 Å². The molecule has 1 fully saturated rings. The van der Waals surface area contributed by atoms with E-state index in [1.807, 2.05) is 22.9 Å². The van der Waals surface area contributed by atoms with Gasteiger partial charge in [0.2, 0.25) is 0 Å². The van der Waals surface area contributed by atoms with E-state index in [1.54, 1.807) is 0 Å². The lowest BCUT2D eigenvalue weighted by atomic mass is 9.87. The first kappa shape index (κ1) is 22.2. The van der Waals surface area contributed by atoms with Crippen molar-refractivity contribution in [2.24, 2.45) is 5.92 Å². The standard InChI is InChI=1S/C27H31N7/c1-2-3-13-26-28-25(18-20-9-5-4-6-10-20)31-34(26)19-21-14-16-22(17-15-21)23-11-7-8-12-24(23)27-29-32-33-30-27/h3,7-8,11-17,20H,2,4-6,9-10,18-19H2,1H3,(H,29,30,32,33)/b13-3+. The van der Waals surface area contributed by atoms with Gasteiger partial charge in [-0.1, -0.05) is 93.6 Å². The third-order valence-electron chi connectivity index (χ3n) is 6.57. The topological polar surface area (TPSA) is 85.2 Å². The van der Waals surface area contributed by atoms with Gasteiger partial charge in [-0.25, -0.2) is 14.8 Å². The van der Waals surface area contributed by atoms with Crippen LogP contribution in [0.5, 0.6) is 0 Å². The average molecular weight is 454 g/mol. The molecule has 1 N–H and O–H groups in total. The maximum atomic E-state index is 4.91. The van der Waals surface area contributed by atoms with Gasteiger partial charge in [-0.2, -0.15) is 5.10 Å². The van der Waals surface area contributed by atoms with Gasteiger partial charge in [0.1, 0.15) is 0 Å². The van der Waals surface area contributed by atoms with Crippen LogP contribution in [0.1, 0.15) is 62.7 Å². The summed E-state index contributed by atoms with van der Waals surface area (Å²) in [7, 11) is 0. The van der Waals surface area contributed by atoms with Crippen molar-refractivity contribution in [1.82, 2.24) is 35.4 Å². The number of rotatable bonds is 8. The molecule has 5 rings (SSSR count). The Morgan fingerprint density at radius 2 is 1.79 bits per heavy atom. The van der Waals surface area contributed by atoms with Crippen LogP contribution in [0.25, 0.3) is 28.6 Å². The van der Waals surface area contributed by atoms with Crippen LogP contribution in [0, 0.1) is 5.92 Å². The molecule has 7 heteroatoms. The molecule has 2 heterocycles. The largest absolute Gasteiger partial charge is 0.242 e. The van der Waals surface area contributed by atoms with Gasteiger partial charge in [-0.3, -0.25) is 0 Å². The van der Waals surface area contributed by atoms with E-state index in [9.17, 15) is 0 Å². The van der Waals surface area contributed by atoms with Crippen molar-refractivity contribution in [2.75, 3.05) is 0 Å². The fraction of sp³-hybridized carbons (Fsp3) is 0.370. The second-order valence-corrected chi connectivity index (χ2v) is 9.06. The minimum Gasteiger partial charge on any atom is -0.242 e. The van der Waals surface area contributed by atoms with E-state index in [-0.39, 0.29) is 0 Å². The number of hydrogen-bond acceptors (Lipinski definition) is 5. The zero-order valence-corrected chi connectivity index (χ0v) is 19.7. The van der Waals surface area contributed by atoms with Gasteiger partial charge in [-0.05, 0) is 45.5 Å². The molecule has 0 spiro atoms. The highest BCUT2D eigenvalue weighted by molar-refractivity contribution is 5.80. The van der Waals surface area contributed by atoms with Crippen LogP contribution in [-0.2, 0) is 13.0 Å². The first-order valence-corrected chi connectivity index (χ1v) is 12.3. The van der Waals surface area contributed by atoms with Crippen molar-refractivity contribution < 1.29 is 0 Å². The lowest BCUT2D eigenvalue weighted by Gasteiger charge is -2.19. The van der Waals surface area contributed by atoms with Crippen LogP contribution in [0.15, 0.2) is 54.6 Å². The maximum Gasteiger partial charge on any atom is 0.180 e. The molecule has 1 aliphatic rings. The molecule has 34 heavy (non-hydrogen) atoms. The quantitative estimate of drug-likeness (QED) is 0.369. The minimum atomic E-state index is 0.667. The van der Waals surface area contributed by atoms with Crippen molar-refractivity contribution in [1.29, 1.82) is 0 Å². The van der Waals surface area contributed by atoms with Crippen molar-refractivity contribution in [3.8, 4) is 22.5 Å². The summed E-state index contributed by atoms with van der Waals surface area (Å²) in [5, 5.41) is 19.3. The molecule has 2 aromatic heterocycles. The first-order chi connectivity index (χ1) is 16.8. The highest BCUT2D eigenvalue weighted by atomic mass is 15.5. The zero-order chi connectivity index (χ0) is 23.2. The number of tetrazole rings is 1. The smallest absolute Gasteiger partial charge is 0.180 e. The summed E-state index contributed by atoms with van der Waals surface area (Å²) >= 11 is 0. The van der Waals surface area contributed by atoms with Crippen LogP contribution in [-0.4, -0.2) is 35.4 Å². The minimum absolute atomic E-state index is 0.667. The Labute approximate surface area is 200 Å². The van der Waals surface area contributed by atoms with Gasteiger partial charge >= 0.3 is 0 Å². The maximum absolute atomic E-state index is 4.91. The van der Waals surface area contributed by atoms with Crippen molar-refractivity contribution >= 4 is 6.08 Å². The summed E-state index contributed by atoms with van der Waals surface area (Å²) in [6, 6.07) is 16.8. The number of aromatic amines is 1. The Morgan fingerprint density at radius 1 is 1.00 bits per heavy atom. The molecule has 174 valence electrons. The summed E-state index contributed by atoms with van der Waals surface area (Å²) in [6.07, 6.45) is 12.9. The molecule has 0 saturated heterocycles. The summed E-state index contributed by atoms with van der Waals surface area (Å²) in [6.45, 7) is 2.85. The van der Waals surface area contributed by atoms with E-state index in [1.165, 1.54) is 37.7 Å². The van der Waals surface area contributed by atoms with E-state index < -0.39 is 0 Å². The normalized spacial score (nSPS) is 14.7. The molecule has 0 atom stereocenters. The molecule has 1 aliphatic carbocycles. The van der Waals surface area contributed by atoms with Gasteiger partial charge in [0, 0.05) is 12.0 Å². The number of benzene rings is 2. The third-order valence-corrected chi connectivity index (χ3v) is 6.57. The Bertz CT molecular complexity index is 1220. The predicted molar refractivity (Wildman–Crippen MR) is 134 cm³/mol. The van der Waals surface area contributed by atoms with E-state index in [2.05, 4.69) is 70.0 Å². The number of nitrogens with zero attached hydrogens (tertiary/aromatic N) is 6. The van der Waals surface area contributed by atoms with Gasteiger partial charge in [0.15, 0.2) is 17.5 Å². The highest BCUT2D eigenvalue weighted by Gasteiger charge is 2.18. The van der Waals surface area contributed by atoms with Crippen molar-refractivity contribution in [2.45, 2.75) is 58.4 Å². The first-order valence-electron chi connectivity index (χ1n) is 12.3. The average Bonchev–Trinajstić information content (AvgIpc) is 3.54. The number of hydrogen-bond donors (Lipinski definition) is 1. The molecule has 0 unspecified atom stereocenters. The molecule has 4 aromatic rings. The highest BCUT2D eigenvalue weighted by Crippen LogP contribution is 2.30. The summed E-state index contributed by atoms with van der Waals surface area (Å²) in [5.74, 6) is 3.32. The molecule has 0 radical (unpaired) electrons. The molecular weight excluding hydrogens is 422 g/mol. The van der Waals surface area contributed by atoms with Gasteiger partial charge in [-0.15, -0.1) is 5.10 Å². The molecule has 7 nitrogen and oxygen atoms in total. The lowest BCUT2D eigenvalue weighted by molar-refractivity contribution is 0.351. The molecule has 0 amide bonds. The summed E-state index contributed by atoms with van der Waals surface area (Å²) in [5.41, 5.74) is 4.40. The van der Waals surface area contributed by atoms with Crippen LogP contribution in [0.2, 0.25) is 0 Å². The molecule has 0 bridgehead atoms. The Morgan fingerprint density at radius 3 is 2.53 bits per heavy atom. The number of nitrogens with one attached hydrogen (secondary N) is 1. The van der Waals surface area contributed by atoms with Crippen molar-refractivity contribution in [3.63, 3.8) is 0 Å².